The van der Waals surface area contributed by atoms with E-state index in [0.29, 0.717) is 5.88 Å². The molecule has 4 heterocycles. The summed E-state index contributed by atoms with van der Waals surface area (Å²) in [5, 5.41) is 14.1. The third kappa shape index (κ3) is 3.45. The molecule has 0 aliphatic carbocycles. The van der Waals surface area contributed by atoms with Gasteiger partial charge in [-0.15, -0.1) is 0 Å². The topological polar surface area (TPSA) is 55.6 Å². The van der Waals surface area contributed by atoms with E-state index in [4.69, 9.17) is 13.8 Å². The third-order valence-electron chi connectivity index (χ3n) is 9.83. The monoisotopic (exact) mass is 603 g/mol. The third-order valence-corrected chi connectivity index (χ3v) is 9.83. The molecule has 1 aliphatic rings. The molecular weight excluding hydrogens is 578 g/mol. The summed E-state index contributed by atoms with van der Waals surface area (Å²) < 4.78 is 15.2. The van der Waals surface area contributed by atoms with Crippen LogP contribution in [0, 0.1) is 0 Å². The number of furan rings is 2. The van der Waals surface area contributed by atoms with Crippen molar-refractivity contribution in [3.63, 3.8) is 0 Å². The lowest BCUT2D eigenvalue weighted by Crippen LogP contribution is -2.23. The summed E-state index contributed by atoms with van der Waals surface area (Å²) in [5.41, 5.74) is 6.76. The normalized spacial score (nSPS) is 14.9. The number of para-hydroxylation sites is 2. The Morgan fingerprint density at radius 2 is 1.19 bits per heavy atom. The summed E-state index contributed by atoms with van der Waals surface area (Å²) in [4.78, 5) is 5.55. The highest BCUT2D eigenvalue weighted by Crippen LogP contribution is 2.46. The quantitative estimate of drug-likeness (QED) is 0.214. The van der Waals surface area contributed by atoms with E-state index in [0.717, 1.165) is 60.9 Å². The van der Waals surface area contributed by atoms with E-state index in [1.54, 1.807) is 0 Å². The van der Waals surface area contributed by atoms with Crippen LogP contribution in [0.25, 0.3) is 76.3 Å². The summed E-state index contributed by atoms with van der Waals surface area (Å²) in [6, 6.07) is 49.1. The Morgan fingerprint density at radius 3 is 2.04 bits per heavy atom. The molecule has 3 aromatic heterocycles. The summed E-state index contributed by atoms with van der Waals surface area (Å²) in [5.74, 6) is 1.45. The van der Waals surface area contributed by atoms with Crippen molar-refractivity contribution in [3.8, 4) is 0 Å². The average molecular weight is 604 g/mol. The van der Waals surface area contributed by atoms with Gasteiger partial charge in [0.15, 0.2) is 6.17 Å². The van der Waals surface area contributed by atoms with Gasteiger partial charge in [0.1, 0.15) is 22.6 Å². The van der Waals surface area contributed by atoms with Gasteiger partial charge in [-0.1, -0.05) is 97.1 Å². The number of nitrogens with one attached hydrogen (secondary N) is 1. The van der Waals surface area contributed by atoms with Gasteiger partial charge >= 0.3 is 0 Å². The smallest absolute Gasteiger partial charge is 0.207 e. The molecule has 0 fully saturated rings. The number of aromatic nitrogens is 1. The number of aliphatic imine (C=N–C) groups is 1. The van der Waals surface area contributed by atoms with Crippen molar-refractivity contribution in [2.45, 2.75) is 6.17 Å². The predicted molar refractivity (Wildman–Crippen MR) is 193 cm³/mol. The van der Waals surface area contributed by atoms with Crippen molar-refractivity contribution < 1.29 is 8.83 Å². The number of anilines is 1. The van der Waals surface area contributed by atoms with Crippen LogP contribution in [0.5, 0.6) is 0 Å². The van der Waals surface area contributed by atoms with Crippen molar-refractivity contribution >= 4 is 88.0 Å². The Kier molecular flexibility index (Phi) is 4.83. The molecule has 47 heavy (non-hydrogen) atoms. The highest BCUT2D eigenvalue weighted by molar-refractivity contribution is 6.23. The fourth-order valence-corrected chi connectivity index (χ4v) is 7.71. The molecule has 0 amide bonds. The SMILES string of the molecule is c1ccc2cc3c(cc2c1)c1c2ccccc2ccc1n3C1N=C(c2ccc3c(c2)oc2ccccc23)Nc2oc3ccccc3c21. The Labute approximate surface area is 267 Å². The number of fused-ring (bicyclic) bond motifs is 12. The van der Waals surface area contributed by atoms with E-state index < -0.39 is 6.17 Å². The Morgan fingerprint density at radius 1 is 0.511 bits per heavy atom. The standard InChI is InChI=1S/C42H25N3O2/c1-2-11-26-22-34-32(21-25(26)10-1)38-28-12-4-3-9-24(28)18-20-33(38)45(34)41-39-31-14-6-8-16-36(31)47-42(39)44-40(43-41)27-17-19-30-29-13-5-7-15-35(29)46-37(30)23-27/h1-23,41H,(H,43,44). The average Bonchev–Trinajstić information content (AvgIpc) is 3.79. The summed E-state index contributed by atoms with van der Waals surface area (Å²) in [7, 11) is 0. The Balaban J connectivity index is 1.24. The molecule has 10 aromatic rings. The van der Waals surface area contributed by atoms with Crippen molar-refractivity contribution in [1.82, 2.24) is 4.57 Å². The summed E-state index contributed by atoms with van der Waals surface area (Å²) in [6.45, 7) is 0. The molecule has 7 aromatic carbocycles. The lowest BCUT2D eigenvalue weighted by molar-refractivity contribution is 0.597. The number of amidine groups is 1. The Bertz CT molecular complexity index is 2960. The van der Waals surface area contributed by atoms with Crippen molar-refractivity contribution in [1.29, 1.82) is 0 Å². The molecule has 1 unspecified atom stereocenters. The van der Waals surface area contributed by atoms with Crippen molar-refractivity contribution in [2.75, 3.05) is 5.32 Å². The van der Waals surface area contributed by atoms with Gasteiger partial charge in [0.2, 0.25) is 5.88 Å². The second kappa shape index (κ2) is 9.12. The van der Waals surface area contributed by atoms with Crippen LogP contribution in [0.4, 0.5) is 5.88 Å². The maximum Gasteiger partial charge on any atom is 0.207 e. The number of hydrogen-bond donors (Lipinski definition) is 1. The minimum atomic E-state index is -0.390. The van der Waals surface area contributed by atoms with Crippen LogP contribution in [0.15, 0.2) is 153 Å². The highest BCUT2D eigenvalue weighted by atomic mass is 16.4. The molecule has 0 saturated carbocycles. The molecular formula is C42H25N3O2. The first-order chi connectivity index (χ1) is 23.3. The van der Waals surface area contributed by atoms with Crippen LogP contribution in [0.1, 0.15) is 17.3 Å². The zero-order valence-corrected chi connectivity index (χ0v) is 25.1. The molecule has 0 saturated heterocycles. The van der Waals surface area contributed by atoms with E-state index in [1.807, 2.05) is 30.3 Å². The zero-order valence-electron chi connectivity index (χ0n) is 25.1. The maximum absolute atomic E-state index is 6.54. The first-order valence-corrected chi connectivity index (χ1v) is 15.9. The van der Waals surface area contributed by atoms with Crippen molar-refractivity contribution in [3.05, 3.63) is 151 Å². The van der Waals surface area contributed by atoms with Crippen molar-refractivity contribution in [2.24, 2.45) is 4.99 Å². The predicted octanol–water partition coefficient (Wildman–Crippen LogP) is 11.2. The molecule has 5 nitrogen and oxygen atoms in total. The number of rotatable bonds is 2. The molecule has 1 N–H and O–H groups in total. The molecule has 0 spiro atoms. The van der Waals surface area contributed by atoms with Gasteiger partial charge in [0, 0.05) is 32.5 Å². The number of hydrogen-bond acceptors (Lipinski definition) is 4. The molecule has 0 radical (unpaired) electrons. The van der Waals surface area contributed by atoms with Gasteiger partial charge in [-0.05, 0) is 64.0 Å². The minimum absolute atomic E-state index is 0.390. The van der Waals surface area contributed by atoms with E-state index in [2.05, 4.69) is 119 Å². The minimum Gasteiger partial charge on any atom is -0.456 e. The first kappa shape index (κ1) is 24.9. The van der Waals surface area contributed by atoms with E-state index in [1.165, 1.54) is 32.3 Å². The van der Waals surface area contributed by atoms with Crippen LogP contribution in [0.3, 0.4) is 0 Å². The second-order valence-electron chi connectivity index (χ2n) is 12.4. The molecule has 0 bridgehead atoms. The number of benzene rings is 7. The van der Waals surface area contributed by atoms with Gasteiger partial charge < -0.3 is 18.7 Å². The van der Waals surface area contributed by atoms with Gasteiger partial charge in [-0.2, -0.15) is 0 Å². The molecule has 5 heteroatoms. The molecule has 1 atom stereocenters. The molecule has 220 valence electrons. The van der Waals surface area contributed by atoms with E-state index in [9.17, 15) is 0 Å². The maximum atomic E-state index is 6.54. The molecule has 1 aliphatic heterocycles. The van der Waals surface area contributed by atoms with Crippen LogP contribution in [-0.4, -0.2) is 10.4 Å². The number of nitrogens with zero attached hydrogens (tertiary/aromatic N) is 2. The molecule has 11 rings (SSSR count). The van der Waals surface area contributed by atoms with Gasteiger partial charge in [0.05, 0.1) is 16.6 Å². The second-order valence-corrected chi connectivity index (χ2v) is 12.4. The van der Waals surface area contributed by atoms with Gasteiger partial charge in [-0.3, -0.25) is 0 Å². The van der Waals surface area contributed by atoms with E-state index >= 15 is 0 Å². The van der Waals surface area contributed by atoms with Gasteiger partial charge in [-0.25, -0.2) is 4.99 Å². The summed E-state index contributed by atoms with van der Waals surface area (Å²) >= 11 is 0. The Hall–Kier alpha value is -6.33. The zero-order chi connectivity index (χ0) is 30.6. The summed E-state index contributed by atoms with van der Waals surface area (Å²) in [6.07, 6.45) is -0.390. The van der Waals surface area contributed by atoms with E-state index in [-0.39, 0.29) is 0 Å². The van der Waals surface area contributed by atoms with Crippen LogP contribution in [-0.2, 0) is 0 Å². The first-order valence-electron chi connectivity index (χ1n) is 15.9. The van der Waals surface area contributed by atoms with Crippen LogP contribution < -0.4 is 5.32 Å². The fraction of sp³-hybridized carbons (Fsp3) is 0.0238. The largest absolute Gasteiger partial charge is 0.456 e. The lowest BCUT2D eigenvalue weighted by atomic mass is 10.0. The van der Waals surface area contributed by atoms with Crippen LogP contribution >= 0.6 is 0 Å². The van der Waals surface area contributed by atoms with Crippen LogP contribution in [0.2, 0.25) is 0 Å². The fourth-order valence-electron chi connectivity index (χ4n) is 7.71. The lowest BCUT2D eigenvalue weighted by Gasteiger charge is -2.25. The highest BCUT2D eigenvalue weighted by Gasteiger charge is 2.32. The van der Waals surface area contributed by atoms with Gasteiger partial charge in [0.25, 0.3) is 0 Å².